The van der Waals surface area contributed by atoms with E-state index < -0.39 is 0 Å². The maximum absolute atomic E-state index is 13.1. The summed E-state index contributed by atoms with van der Waals surface area (Å²) in [4.78, 5) is 24.5. The van der Waals surface area contributed by atoms with Crippen LogP contribution in [0.4, 0.5) is 5.82 Å². The van der Waals surface area contributed by atoms with Gasteiger partial charge in [-0.15, -0.1) is 0 Å². The van der Waals surface area contributed by atoms with E-state index in [1.807, 2.05) is 37.8 Å². The third-order valence-electron chi connectivity index (χ3n) is 6.58. The van der Waals surface area contributed by atoms with Crippen LogP contribution in [0.1, 0.15) is 22.5 Å². The monoisotopic (exact) mass is 424 g/mol. The summed E-state index contributed by atoms with van der Waals surface area (Å²) in [7, 11) is 1.91. The normalized spacial score (nSPS) is 19.7. The molecule has 2 fully saturated rings. The Labute approximate surface area is 186 Å². The van der Waals surface area contributed by atoms with Crippen LogP contribution < -0.4 is 10.2 Å². The summed E-state index contributed by atoms with van der Waals surface area (Å²) < 4.78 is 1.79. The number of benzene rings is 1. The van der Waals surface area contributed by atoms with Gasteiger partial charge in [0.15, 0.2) is 5.78 Å². The maximum atomic E-state index is 13.1. The van der Waals surface area contributed by atoms with Gasteiger partial charge in [-0.05, 0) is 41.6 Å². The van der Waals surface area contributed by atoms with Crippen LogP contribution in [-0.4, -0.2) is 50.7 Å². The summed E-state index contributed by atoms with van der Waals surface area (Å²) in [5.41, 5.74) is 3.63. The van der Waals surface area contributed by atoms with Gasteiger partial charge in [0, 0.05) is 73.0 Å². The molecule has 0 aliphatic carbocycles. The van der Waals surface area contributed by atoms with Gasteiger partial charge in [0.05, 0.1) is 12.6 Å². The lowest BCUT2D eigenvalue weighted by Gasteiger charge is -2.28. The van der Waals surface area contributed by atoms with Gasteiger partial charge in [0.2, 0.25) is 0 Å². The number of nitrogens with zero attached hydrogens (tertiary/aromatic N) is 5. The highest BCUT2D eigenvalue weighted by molar-refractivity contribution is 5.98. The van der Waals surface area contributed by atoms with Crippen molar-refractivity contribution in [3.63, 3.8) is 0 Å². The molecule has 0 amide bonds. The number of piperazine rings is 1. The molecule has 6 rings (SSSR count). The highest BCUT2D eigenvalue weighted by atomic mass is 16.1. The standard InChI is InChI=1S/C25H24N6O/c1-30-14-20(12-29-30)16-2-3-18-11-27-21(7-19(18)6-16)10-24(32)17-4-5-26-25(8-17)31-15-22-9-23(31)13-28-22/h2-8,11-12,14,22-23,28H,9-10,13,15H2,1H3. The van der Waals surface area contributed by atoms with Crippen molar-refractivity contribution in [1.82, 2.24) is 25.1 Å². The molecular weight excluding hydrogens is 400 g/mol. The van der Waals surface area contributed by atoms with Crippen molar-refractivity contribution < 1.29 is 4.79 Å². The van der Waals surface area contributed by atoms with Crippen molar-refractivity contribution in [3.8, 4) is 11.1 Å². The molecule has 2 atom stereocenters. The third-order valence-corrected chi connectivity index (χ3v) is 6.58. The van der Waals surface area contributed by atoms with E-state index in [1.165, 1.54) is 0 Å². The number of anilines is 1. The SMILES string of the molecule is Cn1cc(-c2ccc3cnc(CC(=O)c4ccnc(N5CC6CC5CN6)c4)cc3c2)cn1. The van der Waals surface area contributed by atoms with Crippen LogP contribution in [0.15, 0.2) is 61.2 Å². The van der Waals surface area contributed by atoms with Gasteiger partial charge in [-0.1, -0.05) is 12.1 Å². The molecule has 2 bridgehead atoms. The molecule has 2 aliphatic heterocycles. The second-order valence-corrected chi connectivity index (χ2v) is 8.79. The van der Waals surface area contributed by atoms with Gasteiger partial charge >= 0.3 is 0 Å². The molecule has 0 radical (unpaired) electrons. The maximum Gasteiger partial charge on any atom is 0.169 e. The molecule has 2 aliphatic rings. The zero-order chi connectivity index (χ0) is 21.7. The summed E-state index contributed by atoms with van der Waals surface area (Å²) in [5, 5.41) is 9.89. The number of hydrogen-bond donors (Lipinski definition) is 1. The largest absolute Gasteiger partial charge is 0.351 e. The smallest absolute Gasteiger partial charge is 0.169 e. The van der Waals surface area contributed by atoms with E-state index in [9.17, 15) is 4.79 Å². The van der Waals surface area contributed by atoms with Gasteiger partial charge in [0.25, 0.3) is 0 Å². The van der Waals surface area contributed by atoms with E-state index in [2.05, 4.69) is 43.5 Å². The zero-order valence-electron chi connectivity index (χ0n) is 17.9. The predicted molar refractivity (Wildman–Crippen MR) is 124 cm³/mol. The Bertz CT molecular complexity index is 1330. The second-order valence-electron chi connectivity index (χ2n) is 8.79. The van der Waals surface area contributed by atoms with E-state index in [-0.39, 0.29) is 12.2 Å². The number of aromatic nitrogens is 4. The van der Waals surface area contributed by atoms with E-state index >= 15 is 0 Å². The Kier molecular flexibility index (Phi) is 4.50. The summed E-state index contributed by atoms with van der Waals surface area (Å²) in [6.07, 6.45) is 8.87. The van der Waals surface area contributed by atoms with Crippen molar-refractivity contribution in [2.75, 3.05) is 18.0 Å². The van der Waals surface area contributed by atoms with Crippen molar-refractivity contribution >= 4 is 22.4 Å². The highest BCUT2D eigenvalue weighted by Crippen LogP contribution is 2.29. The number of Topliss-reactive ketones (excluding diaryl/α,β-unsaturated/α-hetero) is 1. The van der Waals surface area contributed by atoms with E-state index in [0.717, 1.165) is 52.9 Å². The Balaban J connectivity index is 1.24. The first-order valence-corrected chi connectivity index (χ1v) is 11.0. The summed E-state index contributed by atoms with van der Waals surface area (Å²) in [6, 6.07) is 13.0. The Morgan fingerprint density at radius 2 is 2.03 bits per heavy atom. The minimum Gasteiger partial charge on any atom is -0.351 e. The Morgan fingerprint density at radius 3 is 2.81 bits per heavy atom. The Morgan fingerprint density at radius 1 is 1.09 bits per heavy atom. The van der Waals surface area contributed by atoms with Crippen LogP contribution in [0, 0.1) is 0 Å². The molecule has 3 aromatic heterocycles. The molecule has 0 spiro atoms. The highest BCUT2D eigenvalue weighted by Gasteiger charge is 2.38. The fourth-order valence-electron chi connectivity index (χ4n) is 4.89. The predicted octanol–water partition coefficient (Wildman–Crippen LogP) is 3.01. The number of rotatable bonds is 5. The average molecular weight is 425 g/mol. The molecular formula is C25H24N6O. The molecule has 7 nitrogen and oxygen atoms in total. The quantitative estimate of drug-likeness (QED) is 0.497. The fraction of sp³-hybridized carbons (Fsp3) is 0.280. The molecule has 32 heavy (non-hydrogen) atoms. The number of aryl methyl sites for hydroxylation is 1. The van der Waals surface area contributed by atoms with Gasteiger partial charge in [-0.2, -0.15) is 5.10 Å². The number of nitrogens with one attached hydrogen (secondary N) is 1. The summed E-state index contributed by atoms with van der Waals surface area (Å²) >= 11 is 0. The topological polar surface area (TPSA) is 75.9 Å². The molecule has 1 N–H and O–H groups in total. The number of pyridine rings is 2. The van der Waals surface area contributed by atoms with Crippen molar-refractivity contribution in [3.05, 3.63) is 72.4 Å². The number of fused-ring (bicyclic) bond motifs is 3. The molecule has 160 valence electrons. The number of hydrogen-bond acceptors (Lipinski definition) is 6. The third kappa shape index (κ3) is 3.44. The summed E-state index contributed by atoms with van der Waals surface area (Å²) in [6.45, 7) is 1.95. The summed E-state index contributed by atoms with van der Waals surface area (Å²) in [5.74, 6) is 0.962. The fourth-order valence-corrected chi connectivity index (χ4v) is 4.89. The molecule has 2 unspecified atom stereocenters. The van der Waals surface area contributed by atoms with Crippen molar-refractivity contribution in [2.24, 2.45) is 7.05 Å². The number of carbonyl (C=O) groups is 1. The lowest BCUT2D eigenvalue weighted by molar-refractivity contribution is 0.0992. The van der Waals surface area contributed by atoms with Crippen molar-refractivity contribution in [1.29, 1.82) is 0 Å². The first-order valence-electron chi connectivity index (χ1n) is 11.0. The zero-order valence-corrected chi connectivity index (χ0v) is 17.9. The van der Waals surface area contributed by atoms with E-state index in [4.69, 9.17) is 0 Å². The minimum atomic E-state index is 0.0615. The molecule has 0 saturated carbocycles. The minimum absolute atomic E-state index is 0.0615. The molecule has 4 aromatic rings. The van der Waals surface area contributed by atoms with Crippen LogP contribution in [0.2, 0.25) is 0 Å². The molecule has 7 heteroatoms. The van der Waals surface area contributed by atoms with Gasteiger partial charge in [0.1, 0.15) is 5.82 Å². The van der Waals surface area contributed by atoms with Crippen molar-refractivity contribution in [2.45, 2.75) is 24.9 Å². The first-order chi connectivity index (χ1) is 15.6. The van der Waals surface area contributed by atoms with E-state index in [1.54, 1.807) is 16.9 Å². The van der Waals surface area contributed by atoms with E-state index in [0.29, 0.717) is 17.6 Å². The lowest BCUT2D eigenvalue weighted by Crippen LogP contribution is -2.44. The van der Waals surface area contributed by atoms with Crippen LogP contribution in [0.3, 0.4) is 0 Å². The second kappa shape index (κ2) is 7.53. The van der Waals surface area contributed by atoms with Crippen LogP contribution in [0.25, 0.3) is 21.9 Å². The number of carbonyl (C=O) groups excluding carboxylic acids is 1. The average Bonchev–Trinajstić information content (AvgIpc) is 3.56. The van der Waals surface area contributed by atoms with Gasteiger partial charge < -0.3 is 10.2 Å². The van der Waals surface area contributed by atoms with Gasteiger partial charge in [-0.3, -0.25) is 14.5 Å². The number of ketones is 1. The Hall–Kier alpha value is -3.58. The van der Waals surface area contributed by atoms with Crippen LogP contribution >= 0.6 is 0 Å². The first kappa shape index (κ1) is 19.1. The molecule has 1 aromatic carbocycles. The van der Waals surface area contributed by atoms with Crippen LogP contribution in [-0.2, 0) is 13.5 Å². The molecule has 2 saturated heterocycles. The van der Waals surface area contributed by atoms with Gasteiger partial charge in [-0.25, -0.2) is 4.98 Å². The van der Waals surface area contributed by atoms with Crippen LogP contribution in [0.5, 0.6) is 0 Å². The lowest BCUT2D eigenvalue weighted by atomic mass is 10.0. The molecule has 5 heterocycles.